The van der Waals surface area contributed by atoms with Crippen molar-refractivity contribution in [2.45, 2.75) is 39.3 Å². The van der Waals surface area contributed by atoms with Gasteiger partial charge in [-0.15, -0.1) is 0 Å². The quantitative estimate of drug-likeness (QED) is 0.711. The maximum absolute atomic E-state index is 11.6. The molecular formula is C16H25N3O4. The summed E-state index contributed by atoms with van der Waals surface area (Å²) in [6, 6.07) is 7.13. The van der Waals surface area contributed by atoms with Crippen molar-refractivity contribution in [2.24, 2.45) is 5.73 Å². The highest BCUT2D eigenvalue weighted by molar-refractivity contribution is 5.75. The summed E-state index contributed by atoms with van der Waals surface area (Å²) in [5.41, 5.74) is 5.33. The molecule has 0 aliphatic heterocycles. The highest BCUT2D eigenvalue weighted by Gasteiger charge is 2.16. The molecule has 7 heteroatoms. The Morgan fingerprint density at radius 1 is 1.30 bits per heavy atom. The van der Waals surface area contributed by atoms with E-state index in [0.717, 1.165) is 5.69 Å². The van der Waals surface area contributed by atoms with Gasteiger partial charge in [0, 0.05) is 24.3 Å². The second kappa shape index (κ2) is 8.26. The third-order valence-corrected chi connectivity index (χ3v) is 2.58. The molecule has 1 aromatic carbocycles. The van der Waals surface area contributed by atoms with E-state index in [1.807, 2.05) is 33.8 Å². The van der Waals surface area contributed by atoms with Crippen LogP contribution in [-0.2, 0) is 9.53 Å². The molecule has 7 nitrogen and oxygen atoms in total. The van der Waals surface area contributed by atoms with Crippen LogP contribution < -0.4 is 21.1 Å². The van der Waals surface area contributed by atoms with Gasteiger partial charge < -0.3 is 25.8 Å². The molecule has 4 N–H and O–H groups in total. The van der Waals surface area contributed by atoms with E-state index in [1.165, 1.54) is 0 Å². The van der Waals surface area contributed by atoms with Gasteiger partial charge in [-0.05, 0) is 39.8 Å². The first-order valence-corrected chi connectivity index (χ1v) is 7.40. The van der Waals surface area contributed by atoms with Crippen molar-refractivity contribution in [1.82, 2.24) is 5.32 Å². The SMILES string of the molecule is CC(CNC(=O)OC(C)(C)C)Nc1cccc(OCC(N)=O)c1. The molecule has 23 heavy (non-hydrogen) atoms. The predicted octanol–water partition coefficient (Wildman–Crippen LogP) is 1.88. The Balaban J connectivity index is 2.44. The number of hydrogen-bond donors (Lipinski definition) is 3. The number of alkyl carbamates (subject to hydrolysis) is 1. The number of primary amides is 1. The maximum atomic E-state index is 11.6. The first-order chi connectivity index (χ1) is 10.7. The van der Waals surface area contributed by atoms with Crippen LogP contribution in [-0.4, -0.2) is 36.8 Å². The lowest BCUT2D eigenvalue weighted by molar-refractivity contribution is -0.119. The van der Waals surface area contributed by atoms with Crippen LogP contribution in [0.1, 0.15) is 27.7 Å². The number of anilines is 1. The molecule has 0 spiro atoms. The molecule has 0 saturated heterocycles. The Hall–Kier alpha value is -2.44. The number of carbonyl (C=O) groups excluding carboxylic acids is 2. The lowest BCUT2D eigenvalue weighted by atomic mass is 10.2. The summed E-state index contributed by atoms with van der Waals surface area (Å²) >= 11 is 0. The van der Waals surface area contributed by atoms with Gasteiger partial charge in [0.15, 0.2) is 6.61 Å². The Morgan fingerprint density at radius 2 is 2.00 bits per heavy atom. The Kier molecular flexibility index (Phi) is 6.68. The highest BCUT2D eigenvalue weighted by atomic mass is 16.6. The zero-order chi connectivity index (χ0) is 17.5. The standard InChI is InChI=1S/C16H25N3O4/c1-11(9-18-15(21)23-16(2,3)4)19-12-6-5-7-13(8-12)22-10-14(17)20/h5-8,11,19H,9-10H2,1-4H3,(H2,17,20)(H,18,21). The number of carbonyl (C=O) groups is 2. The summed E-state index contributed by atoms with van der Waals surface area (Å²) in [5.74, 6) is 0.0133. The van der Waals surface area contributed by atoms with Crippen LogP contribution in [0.15, 0.2) is 24.3 Å². The van der Waals surface area contributed by atoms with Crippen molar-refractivity contribution in [3.63, 3.8) is 0 Å². The summed E-state index contributed by atoms with van der Waals surface area (Å²) < 4.78 is 10.4. The van der Waals surface area contributed by atoms with Crippen molar-refractivity contribution in [3.05, 3.63) is 24.3 Å². The summed E-state index contributed by atoms with van der Waals surface area (Å²) in [4.78, 5) is 22.3. The molecular weight excluding hydrogens is 298 g/mol. The van der Waals surface area contributed by atoms with Gasteiger partial charge in [0.05, 0.1) is 0 Å². The first-order valence-electron chi connectivity index (χ1n) is 7.40. The Labute approximate surface area is 136 Å². The molecule has 1 atom stereocenters. The lowest BCUT2D eigenvalue weighted by Crippen LogP contribution is -2.38. The maximum Gasteiger partial charge on any atom is 0.407 e. The monoisotopic (exact) mass is 323 g/mol. The zero-order valence-corrected chi connectivity index (χ0v) is 14.0. The van der Waals surface area contributed by atoms with Crippen molar-refractivity contribution in [1.29, 1.82) is 0 Å². The highest BCUT2D eigenvalue weighted by Crippen LogP contribution is 2.18. The Morgan fingerprint density at radius 3 is 2.61 bits per heavy atom. The molecule has 0 saturated carbocycles. The number of benzene rings is 1. The van der Waals surface area contributed by atoms with Gasteiger partial charge in [-0.2, -0.15) is 0 Å². The fraction of sp³-hybridized carbons (Fsp3) is 0.500. The third-order valence-electron chi connectivity index (χ3n) is 2.58. The second-order valence-corrected chi connectivity index (χ2v) is 6.21. The van der Waals surface area contributed by atoms with Crippen LogP contribution in [0.4, 0.5) is 10.5 Å². The first kappa shape index (κ1) is 18.6. The second-order valence-electron chi connectivity index (χ2n) is 6.21. The van der Waals surface area contributed by atoms with Gasteiger partial charge in [0.25, 0.3) is 5.91 Å². The molecule has 0 aromatic heterocycles. The third kappa shape index (κ3) is 8.55. The van der Waals surface area contributed by atoms with Crippen molar-refractivity contribution < 1.29 is 19.1 Å². The van der Waals surface area contributed by atoms with Gasteiger partial charge >= 0.3 is 6.09 Å². The van der Waals surface area contributed by atoms with Crippen molar-refractivity contribution in [3.8, 4) is 5.75 Å². The summed E-state index contributed by atoms with van der Waals surface area (Å²) in [7, 11) is 0. The van der Waals surface area contributed by atoms with E-state index in [-0.39, 0.29) is 12.6 Å². The van der Waals surface area contributed by atoms with E-state index in [2.05, 4.69) is 10.6 Å². The number of ether oxygens (including phenoxy) is 2. The van der Waals surface area contributed by atoms with Gasteiger partial charge in [0.2, 0.25) is 0 Å². The minimum Gasteiger partial charge on any atom is -0.484 e. The van der Waals surface area contributed by atoms with E-state index in [4.69, 9.17) is 15.2 Å². The summed E-state index contributed by atoms with van der Waals surface area (Å²) in [6.45, 7) is 7.60. The number of rotatable bonds is 7. The van der Waals surface area contributed by atoms with E-state index in [0.29, 0.717) is 12.3 Å². The molecule has 0 radical (unpaired) electrons. The van der Waals surface area contributed by atoms with Gasteiger partial charge in [0.1, 0.15) is 11.4 Å². The van der Waals surface area contributed by atoms with E-state index in [1.54, 1.807) is 18.2 Å². The van der Waals surface area contributed by atoms with Crippen molar-refractivity contribution in [2.75, 3.05) is 18.5 Å². The molecule has 0 fully saturated rings. The van der Waals surface area contributed by atoms with Crippen molar-refractivity contribution >= 4 is 17.7 Å². The number of amides is 2. The normalized spacial score (nSPS) is 12.2. The van der Waals surface area contributed by atoms with Crippen LogP contribution >= 0.6 is 0 Å². The zero-order valence-electron chi connectivity index (χ0n) is 14.0. The summed E-state index contributed by atoms with van der Waals surface area (Å²) in [5, 5.41) is 5.92. The van der Waals surface area contributed by atoms with E-state index < -0.39 is 17.6 Å². The fourth-order valence-electron chi connectivity index (χ4n) is 1.72. The minimum absolute atomic E-state index is 0.0195. The van der Waals surface area contributed by atoms with Gasteiger partial charge in [-0.3, -0.25) is 4.79 Å². The van der Waals surface area contributed by atoms with Crippen LogP contribution in [0.25, 0.3) is 0 Å². The fourth-order valence-corrected chi connectivity index (χ4v) is 1.72. The average molecular weight is 323 g/mol. The molecule has 0 heterocycles. The molecule has 0 bridgehead atoms. The molecule has 0 aliphatic carbocycles. The predicted molar refractivity (Wildman–Crippen MR) is 88.5 cm³/mol. The van der Waals surface area contributed by atoms with Crippen LogP contribution in [0.3, 0.4) is 0 Å². The minimum atomic E-state index is -0.529. The molecule has 0 aliphatic rings. The lowest BCUT2D eigenvalue weighted by Gasteiger charge is -2.21. The van der Waals surface area contributed by atoms with Crippen LogP contribution in [0, 0.1) is 0 Å². The van der Waals surface area contributed by atoms with E-state index >= 15 is 0 Å². The molecule has 2 amide bonds. The smallest absolute Gasteiger partial charge is 0.407 e. The van der Waals surface area contributed by atoms with E-state index in [9.17, 15) is 9.59 Å². The molecule has 1 aromatic rings. The van der Waals surface area contributed by atoms with Gasteiger partial charge in [-0.25, -0.2) is 4.79 Å². The van der Waals surface area contributed by atoms with Crippen LogP contribution in [0.2, 0.25) is 0 Å². The van der Waals surface area contributed by atoms with Crippen LogP contribution in [0.5, 0.6) is 5.75 Å². The summed E-state index contributed by atoms with van der Waals surface area (Å²) in [6.07, 6.45) is -0.454. The topological polar surface area (TPSA) is 103 Å². The number of hydrogen-bond acceptors (Lipinski definition) is 5. The largest absolute Gasteiger partial charge is 0.484 e. The van der Waals surface area contributed by atoms with Gasteiger partial charge in [-0.1, -0.05) is 6.07 Å². The molecule has 128 valence electrons. The number of nitrogens with two attached hydrogens (primary N) is 1. The Bertz CT molecular complexity index is 540. The number of nitrogens with one attached hydrogen (secondary N) is 2. The molecule has 1 unspecified atom stereocenters. The molecule has 1 rings (SSSR count). The average Bonchev–Trinajstić information content (AvgIpc) is 2.41.